The van der Waals surface area contributed by atoms with Gasteiger partial charge < -0.3 is 10.1 Å². The van der Waals surface area contributed by atoms with Crippen molar-refractivity contribution < 1.29 is 5.11 Å². The average Bonchev–Trinajstić information content (AvgIpc) is 3.16. The number of imidazole rings is 1. The Morgan fingerprint density at radius 3 is 2.43 bits per heavy atom. The van der Waals surface area contributed by atoms with Crippen LogP contribution in [0.25, 0.3) is 10.9 Å². The van der Waals surface area contributed by atoms with Crippen LogP contribution in [-0.4, -0.2) is 19.2 Å². The molecule has 0 aliphatic carbocycles. The fraction of sp³-hybridized carbons (Fsp3) is 0.261. The van der Waals surface area contributed by atoms with Crippen molar-refractivity contribution in [1.29, 1.82) is 0 Å². The van der Waals surface area contributed by atoms with Gasteiger partial charge in [-0.05, 0) is 38.0 Å². The van der Waals surface area contributed by atoms with E-state index in [1.807, 2.05) is 63.2 Å². The summed E-state index contributed by atoms with van der Waals surface area (Å²) in [7, 11) is 0. The van der Waals surface area contributed by atoms with Crippen molar-refractivity contribution in [3.8, 4) is 5.88 Å². The Hall–Kier alpha value is -3.21. The van der Waals surface area contributed by atoms with E-state index in [1.165, 1.54) is 4.57 Å². The van der Waals surface area contributed by atoms with Crippen LogP contribution in [0.1, 0.15) is 49.3 Å². The van der Waals surface area contributed by atoms with Crippen molar-refractivity contribution in [1.82, 2.24) is 14.1 Å². The minimum Gasteiger partial charge on any atom is -0.493 e. The van der Waals surface area contributed by atoms with Gasteiger partial charge in [-0.2, -0.15) is 0 Å². The molecule has 2 N–H and O–H groups in total. The molecule has 1 unspecified atom stereocenters. The van der Waals surface area contributed by atoms with Gasteiger partial charge in [-0.1, -0.05) is 48.5 Å². The first-order chi connectivity index (χ1) is 13.4. The molecule has 28 heavy (non-hydrogen) atoms. The number of hydrogen-bond donors (Lipinski definition) is 2. The second-order valence-electron chi connectivity index (χ2n) is 8.48. The van der Waals surface area contributed by atoms with Crippen LogP contribution in [0, 0.1) is 0 Å². The maximum absolute atomic E-state index is 13.4. The number of benzene rings is 2. The first-order valence-electron chi connectivity index (χ1n) is 9.58. The van der Waals surface area contributed by atoms with Crippen LogP contribution in [-0.2, 0) is 12.0 Å². The molecule has 0 amide bonds. The highest BCUT2D eigenvalue weighted by atomic mass is 16.3. The van der Waals surface area contributed by atoms with E-state index in [1.54, 1.807) is 4.57 Å². The highest BCUT2D eigenvalue weighted by Crippen LogP contribution is 2.41. The van der Waals surface area contributed by atoms with Crippen molar-refractivity contribution in [2.75, 3.05) is 0 Å². The maximum atomic E-state index is 13.4. The van der Waals surface area contributed by atoms with Gasteiger partial charge in [0.05, 0.1) is 5.69 Å². The van der Waals surface area contributed by atoms with E-state index in [2.05, 4.69) is 17.1 Å². The number of aromatic nitrogens is 3. The van der Waals surface area contributed by atoms with Crippen LogP contribution < -0.4 is 5.69 Å². The van der Waals surface area contributed by atoms with Gasteiger partial charge in [0.15, 0.2) is 0 Å². The second-order valence-corrected chi connectivity index (χ2v) is 8.48. The molecule has 0 saturated heterocycles. The van der Waals surface area contributed by atoms with E-state index in [-0.39, 0.29) is 17.6 Å². The van der Waals surface area contributed by atoms with Crippen molar-refractivity contribution >= 4 is 10.9 Å². The van der Waals surface area contributed by atoms with Gasteiger partial charge in [-0.15, -0.1) is 0 Å². The molecule has 1 aliphatic heterocycles. The quantitative estimate of drug-likeness (QED) is 0.464. The smallest absolute Gasteiger partial charge is 0.332 e. The SMILES string of the molecule is CC(C)(C)n1c(O)c2n(c1=O)C(c1ccccc1)c1[nH]c3ccccc3c1C2. The minimum atomic E-state index is -0.511. The van der Waals surface area contributed by atoms with Gasteiger partial charge in [0, 0.05) is 28.6 Å². The van der Waals surface area contributed by atoms with Gasteiger partial charge in [0.1, 0.15) is 6.04 Å². The van der Waals surface area contributed by atoms with E-state index in [4.69, 9.17) is 0 Å². The van der Waals surface area contributed by atoms with Gasteiger partial charge in [0.2, 0.25) is 5.88 Å². The van der Waals surface area contributed by atoms with Crippen LogP contribution in [0.2, 0.25) is 0 Å². The summed E-state index contributed by atoms with van der Waals surface area (Å²) in [5, 5.41) is 12.2. The molecule has 0 bridgehead atoms. The fourth-order valence-electron chi connectivity index (χ4n) is 4.48. The number of fused-ring (bicyclic) bond motifs is 4. The van der Waals surface area contributed by atoms with Crippen molar-refractivity contribution in [3.05, 3.63) is 87.6 Å². The topological polar surface area (TPSA) is 62.9 Å². The molecular weight excluding hydrogens is 350 g/mol. The molecule has 2 aromatic heterocycles. The van der Waals surface area contributed by atoms with Gasteiger partial charge in [-0.25, -0.2) is 4.79 Å². The third-order valence-corrected chi connectivity index (χ3v) is 5.67. The number of aromatic hydroxyl groups is 1. The molecule has 2 aromatic carbocycles. The summed E-state index contributed by atoms with van der Waals surface area (Å²) in [4.78, 5) is 17.0. The highest BCUT2D eigenvalue weighted by molar-refractivity contribution is 5.86. The number of H-pyrrole nitrogens is 1. The number of hydrogen-bond acceptors (Lipinski definition) is 2. The normalized spacial score (nSPS) is 16.2. The molecule has 142 valence electrons. The van der Waals surface area contributed by atoms with Gasteiger partial charge >= 0.3 is 5.69 Å². The molecule has 1 atom stereocenters. The minimum absolute atomic E-state index is 0.0642. The summed E-state index contributed by atoms with van der Waals surface area (Å²) < 4.78 is 3.26. The summed E-state index contributed by atoms with van der Waals surface area (Å²) in [6, 6.07) is 17.9. The lowest BCUT2D eigenvalue weighted by atomic mass is 9.93. The molecule has 5 heteroatoms. The molecule has 3 heterocycles. The maximum Gasteiger partial charge on any atom is 0.332 e. The van der Waals surface area contributed by atoms with E-state index >= 15 is 0 Å². The number of para-hydroxylation sites is 1. The predicted octanol–water partition coefficient (Wildman–Crippen LogP) is 4.13. The lowest BCUT2D eigenvalue weighted by Crippen LogP contribution is -2.37. The van der Waals surface area contributed by atoms with Crippen molar-refractivity contribution in [2.24, 2.45) is 0 Å². The largest absolute Gasteiger partial charge is 0.493 e. The number of nitrogens with zero attached hydrogens (tertiary/aromatic N) is 2. The van der Waals surface area contributed by atoms with Crippen LogP contribution in [0.5, 0.6) is 5.88 Å². The van der Waals surface area contributed by atoms with Gasteiger partial charge in [0.25, 0.3) is 0 Å². The summed E-state index contributed by atoms with van der Waals surface area (Å²) in [5.41, 5.74) is 4.21. The molecule has 5 nitrogen and oxygen atoms in total. The monoisotopic (exact) mass is 373 g/mol. The van der Waals surface area contributed by atoms with E-state index in [0.29, 0.717) is 12.1 Å². The highest BCUT2D eigenvalue weighted by Gasteiger charge is 2.37. The Morgan fingerprint density at radius 2 is 1.71 bits per heavy atom. The molecule has 0 radical (unpaired) electrons. The summed E-state index contributed by atoms with van der Waals surface area (Å²) in [5.74, 6) is 0.0642. The molecule has 0 spiro atoms. The lowest BCUT2D eigenvalue weighted by Gasteiger charge is -2.26. The average molecular weight is 373 g/mol. The Bertz CT molecular complexity index is 1250. The number of aromatic amines is 1. The first kappa shape index (κ1) is 16.9. The fourth-order valence-corrected chi connectivity index (χ4v) is 4.48. The summed E-state index contributed by atoms with van der Waals surface area (Å²) in [6.45, 7) is 5.81. The van der Waals surface area contributed by atoms with Crippen LogP contribution >= 0.6 is 0 Å². The predicted molar refractivity (Wildman–Crippen MR) is 110 cm³/mol. The Kier molecular flexibility index (Phi) is 3.41. The standard InChI is InChI=1S/C23H23N3O2/c1-23(2,3)26-21(27)18-13-16-15-11-7-8-12-17(15)24-19(16)20(25(18)22(26)28)14-9-5-4-6-10-14/h4-12,20,24,27H,13H2,1-3H3. The molecule has 4 aromatic rings. The Labute approximate surface area is 162 Å². The third-order valence-electron chi connectivity index (χ3n) is 5.67. The van der Waals surface area contributed by atoms with Crippen molar-refractivity contribution in [3.63, 3.8) is 0 Å². The molecular formula is C23H23N3O2. The zero-order chi connectivity index (χ0) is 19.6. The molecule has 0 saturated carbocycles. The van der Waals surface area contributed by atoms with E-state index in [9.17, 15) is 9.90 Å². The number of nitrogens with one attached hydrogen (secondary N) is 1. The summed E-state index contributed by atoms with van der Waals surface area (Å²) in [6.07, 6.45) is 0.521. The molecule has 1 aliphatic rings. The van der Waals surface area contributed by atoms with Crippen LogP contribution in [0.3, 0.4) is 0 Å². The van der Waals surface area contributed by atoms with Crippen molar-refractivity contribution in [2.45, 2.75) is 38.8 Å². The zero-order valence-corrected chi connectivity index (χ0v) is 16.2. The molecule has 0 fully saturated rings. The van der Waals surface area contributed by atoms with E-state index < -0.39 is 5.54 Å². The van der Waals surface area contributed by atoms with E-state index in [0.717, 1.165) is 27.7 Å². The van der Waals surface area contributed by atoms with Gasteiger partial charge in [-0.3, -0.25) is 9.13 Å². The Balaban J connectivity index is 1.88. The second kappa shape index (κ2) is 5.64. The van der Waals surface area contributed by atoms with Crippen LogP contribution in [0.15, 0.2) is 59.4 Å². The molecule has 5 rings (SSSR count). The van der Waals surface area contributed by atoms with Crippen LogP contribution in [0.4, 0.5) is 0 Å². The number of rotatable bonds is 1. The zero-order valence-electron chi connectivity index (χ0n) is 16.2. The third kappa shape index (κ3) is 2.22. The summed E-state index contributed by atoms with van der Waals surface area (Å²) >= 11 is 0. The Morgan fingerprint density at radius 1 is 1.04 bits per heavy atom. The lowest BCUT2D eigenvalue weighted by molar-refractivity contribution is 0.315. The first-order valence-corrected chi connectivity index (χ1v) is 9.58.